The SMILES string of the molecule is CC(C)(C)NC(=O)C(c1ccc([N+](=O)[O-])cc1)N(C(=O)CCl)c1ccc(Cl)cc1. The Morgan fingerprint density at radius 3 is 2.10 bits per heavy atom. The number of halogens is 2. The summed E-state index contributed by atoms with van der Waals surface area (Å²) in [6.45, 7) is 5.44. The molecule has 0 fully saturated rings. The molecule has 0 saturated carbocycles. The smallest absolute Gasteiger partial charge is 0.269 e. The fourth-order valence-corrected chi connectivity index (χ4v) is 2.99. The number of alkyl halides is 1. The number of rotatable bonds is 6. The van der Waals surface area contributed by atoms with E-state index in [1.807, 2.05) is 20.8 Å². The second-order valence-corrected chi connectivity index (χ2v) is 8.07. The molecule has 29 heavy (non-hydrogen) atoms. The molecule has 0 radical (unpaired) electrons. The Hall–Kier alpha value is -2.64. The Labute approximate surface area is 178 Å². The second kappa shape index (κ2) is 9.24. The summed E-state index contributed by atoms with van der Waals surface area (Å²) in [4.78, 5) is 37.6. The Kier molecular flexibility index (Phi) is 7.21. The van der Waals surface area contributed by atoms with Gasteiger partial charge in [0.05, 0.1) is 4.92 Å². The van der Waals surface area contributed by atoms with Crippen molar-refractivity contribution in [2.24, 2.45) is 0 Å². The highest BCUT2D eigenvalue weighted by Gasteiger charge is 2.34. The second-order valence-electron chi connectivity index (χ2n) is 7.36. The van der Waals surface area contributed by atoms with E-state index in [4.69, 9.17) is 23.2 Å². The van der Waals surface area contributed by atoms with Gasteiger partial charge in [0.2, 0.25) is 11.8 Å². The van der Waals surface area contributed by atoms with Gasteiger partial charge in [-0.15, -0.1) is 11.6 Å². The van der Waals surface area contributed by atoms with Crippen LogP contribution >= 0.6 is 23.2 Å². The fourth-order valence-electron chi connectivity index (χ4n) is 2.74. The molecule has 1 unspecified atom stereocenters. The number of nitrogens with one attached hydrogen (secondary N) is 1. The number of nitrogens with zero attached hydrogens (tertiary/aromatic N) is 2. The minimum Gasteiger partial charge on any atom is -0.349 e. The minimum atomic E-state index is -1.08. The highest BCUT2D eigenvalue weighted by Crippen LogP contribution is 2.31. The van der Waals surface area contributed by atoms with E-state index in [2.05, 4.69) is 5.32 Å². The molecule has 9 heteroatoms. The highest BCUT2D eigenvalue weighted by atomic mass is 35.5. The lowest BCUT2D eigenvalue weighted by Crippen LogP contribution is -2.49. The van der Waals surface area contributed by atoms with Crippen LogP contribution < -0.4 is 10.2 Å². The molecule has 0 heterocycles. The number of amides is 2. The fraction of sp³-hybridized carbons (Fsp3) is 0.300. The molecule has 1 N–H and O–H groups in total. The van der Waals surface area contributed by atoms with E-state index < -0.39 is 28.3 Å². The van der Waals surface area contributed by atoms with Crippen LogP contribution in [-0.2, 0) is 9.59 Å². The molecule has 0 spiro atoms. The largest absolute Gasteiger partial charge is 0.349 e. The third kappa shape index (κ3) is 5.92. The quantitative estimate of drug-likeness (QED) is 0.409. The van der Waals surface area contributed by atoms with Gasteiger partial charge in [0.25, 0.3) is 5.69 Å². The van der Waals surface area contributed by atoms with Crippen LogP contribution in [0.5, 0.6) is 0 Å². The maximum absolute atomic E-state index is 13.2. The van der Waals surface area contributed by atoms with Gasteiger partial charge in [0, 0.05) is 28.4 Å². The van der Waals surface area contributed by atoms with E-state index >= 15 is 0 Å². The molecular formula is C20H21Cl2N3O4. The van der Waals surface area contributed by atoms with E-state index in [1.165, 1.54) is 29.2 Å². The van der Waals surface area contributed by atoms with Crippen molar-refractivity contribution in [3.63, 3.8) is 0 Å². The Morgan fingerprint density at radius 2 is 1.66 bits per heavy atom. The molecule has 0 aromatic heterocycles. The predicted molar refractivity (Wildman–Crippen MR) is 113 cm³/mol. The number of nitro groups is 1. The van der Waals surface area contributed by atoms with Crippen molar-refractivity contribution in [1.29, 1.82) is 0 Å². The van der Waals surface area contributed by atoms with Gasteiger partial charge in [-0.25, -0.2) is 0 Å². The summed E-state index contributed by atoms with van der Waals surface area (Å²) >= 11 is 11.8. The maximum Gasteiger partial charge on any atom is 0.269 e. The van der Waals surface area contributed by atoms with Crippen molar-refractivity contribution in [3.8, 4) is 0 Å². The van der Waals surface area contributed by atoms with Crippen LogP contribution in [0, 0.1) is 10.1 Å². The van der Waals surface area contributed by atoms with Crippen LogP contribution in [-0.4, -0.2) is 28.2 Å². The normalized spacial score (nSPS) is 12.2. The molecule has 0 bridgehead atoms. The number of carbonyl (C=O) groups excluding carboxylic acids is 2. The Bertz CT molecular complexity index is 893. The van der Waals surface area contributed by atoms with Gasteiger partial charge in [-0.3, -0.25) is 24.6 Å². The molecule has 2 aromatic rings. The van der Waals surface area contributed by atoms with Crippen molar-refractivity contribution in [1.82, 2.24) is 5.32 Å². The van der Waals surface area contributed by atoms with Crippen molar-refractivity contribution in [2.45, 2.75) is 32.4 Å². The Morgan fingerprint density at radius 1 is 1.10 bits per heavy atom. The molecule has 1 atom stereocenters. The predicted octanol–water partition coefficient (Wildman–Crippen LogP) is 4.48. The standard InChI is InChI=1S/C20H21Cl2N3O4/c1-20(2,3)23-19(27)18(13-4-8-16(9-5-13)25(28)29)24(17(26)12-21)15-10-6-14(22)7-11-15/h4-11,18H,12H2,1-3H3,(H,23,27). The number of non-ortho nitro benzene ring substituents is 1. The van der Waals surface area contributed by atoms with Crippen LogP contribution in [0.3, 0.4) is 0 Å². The van der Waals surface area contributed by atoms with Crippen molar-refractivity contribution >= 4 is 46.4 Å². The average molecular weight is 438 g/mol. The summed E-state index contributed by atoms with van der Waals surface area (Å²) in [5.74, 6) is -1.30. The summed E-state index contributed by atoms with van der Waals surface area (Å²) < 4.78 is 0. The monoisotopic (exact) mass is 437 g/mol. The number of hydrogen-bond donors (Lipinski definition) is 1. The summed E-state index contributed by atoms with van der Waals surface area (Å²) in [6.07, 6.45) is 0. The first kappa shape index (κ1) is 22.6. The molecule has 2 rings (SSSR count). The van der Waals surface area contributed by atoms with Gasteiger partial charge in [-0.1, -0.05) is 11.6 Å². The van der Waals surface area contributed by atoms with Gasteiger partial charge in [-0.05, 0) is 62.7 Å². The molecule has 0 aliphatic heterocycles. The molecule has 2 aromatic carbocycles. The number of anilines is 1. The lowest BCUT2D eigenvalue weighted by molar-refractivity contribution is -0.384. The van der Waals surface area contributed by atoms with Gasteiger partial charge < -0.3 is 5.32 Å². The molecular weight excluding hydrogens is 417 g/mol. The van der Waals surface area contributed by atoms with Crippen LogP contribution in [0.25, 0.3) is 0 Å². The minimum absolute atomic E-state index is 0.120. The zero-order chi connectivity index (χ0) is 21.8. The van der Waals surface area contributed by atoms with Crippen molar-refractivity contribution < 1.29 is 14.5 Å². The lowest BCUT2D eigenvalue weighted by Gasteiger charge is -2.33. The van der Waals surface area contributed by atoms with Crippen LogP contribution in [0.4, 0.5) is 11.4 Å². The highest BCUT2D eigenvalue weighted by molar-refractivity contribution is 6.31. The van der Waals surface area contributed by atoms with Crippen LogP contribution in [0.2, 0.25) is 5.02 Å². The van der Waals surface area contributed by atoms with E-state index in [0.717, 1.165) is 0 Å². The first-order valence-corrected chi connectivity index (χ1v) is 9.64. The van der Waals surface area contributed by atoms with Gasteiger partial charge in [0.15, 0.2) is 0 Å². The van der Waals surface area contributed by atoms with Crippen molar-refractivity contribution in [2.75, 3.05) is 10.8 Å². The van der Waals surface area contributed by atoms with E-state index in [-0.39, 0.29) is 11.6 Å². The molecule has 2 amide bonds. The number of carbonyl (C=O) groups is 2. The third-order valence-corrected chi connectivity index (χ3v) is 4.39. The third-order valence-electron chi connectivity index (χ3n) is 3.91. The molecule has 0 aliphatic rings. The van der Waals surface area contributed by atoms with Gasteiger partial charge >= 0.3 is 0 Å². The van der Waals surface area contributed by atoms with E-state index in [0.29, 0.717) is 16.3 Å². The van der Waals surface area contributed by atoms with E-state index in [9.17, 15) is 19.7 Å². The Balaban J connectivity index is 2.60. The summed E-state index contributed by atoms with van der Waals surface area (Å²) in [5.41, 5.74) is 0.148. The van der Waals surface area contributed by atoms with Gasteiger partial charge in [-0.2, -0.15) is 0 Å². The number of benzene rings is 2. The molecule has 0 aliphatic carbocycles. The first-order valence-electron chi connectivity index (χ1n) is 8.73. The zero-order valence-corrected chi connectivity index (χ0v) is 17.7. The summed E-state index contributed by atoms with van der Waals surface area (Å²) in [7, 11) is 0. The first-order chi connectivity index (χ1) is 13.5. The maximum atomic E-state index is 13.2. The number of nitro benzene ring substituents is 1. The lowest BCUT2D eigenvalue weighted by atomic mass is 10.0. The molecule has 7 nitrogen and oxygen atoms in total. The average Bonchev–Trinajstić information content (AvgIpc) is 2.65. The molecule has 154 valence electrons. The van der Waals surface area contributed by atoms with Crippen LogP contribution in [0.15, 0.2) is 48.5 Å². The van der Waals surface area contributed by atoms with E-state index in [1.54, 1.807) is 24.3 Å². The number of hydrogen-bond acceptors (Lipinski definition) is 4. The van der Waals surface area contributed by atoms with Crippen LogP contribution in [0.1, 0.15) is 32.4 Å². The topological polar surface area (TPSA) is 92.5 Å². The summed E-state index contributed by atoms with van der Waals surface area (Å²) in [5, 5.41) is 14.3. The summed E-state index contributed by atoms with van der Waals surface area (Å²) in [6, 6.07) is 10.8. The van der Waals surface area contributed by atoms with Crippen molar-refractivity contribution in [3.05, 3.63) is 69.2 Å². The zero-order valence-electron chi connectivity index (χ0n) is 16.2. The van der Waals surface area contributed by atoms with Gasteiger partial charge in [0.1, 0.15) is 11.9 Å². The molecule has 0 saturated heterocycles.